The van der Waals surface area contributed by atoms with Gasteiger partial charge in [0.25, 0.3) is 0 Å². The maximum atomic E-state index is 12.5. The Balaban J connectivity index is 1.70. The Labute approximate surface area is 153 Å². The van der Waals surface area contributed by atoms with Gasteiger partial charge in [-0.25, -0.2) is 13.4 Å². The number of benzene rings is 1. The van der Waals surface area contributed by atoms with Crippen molar-refractivity contribution in [3.63, 3.8) is 0 Å². The van der Waals surface area contributed by atoms with E-state index in [4.69, 9.17) is 4.74 Å². The van der Waals surface area contributed by atoms with Crippen LogP contribution >= 0.6 is 11.8 Å². The molecule has 1 aliphatic rings. The van der Waals surface area contributed by atoms with Gasteiger partial charge in [0.2, 0.25) is 10.0 Å². The van der Waals surface area contributed by atoms with Gasteiger partial charge >= 0.3 is 0 Å². The number of hydrogen-bond acceptors (Lipinski definition) is 5. The number of sulfonamides is 1. The summed E-state index contributed by atoms with van der Waals surface area (Å²) < 4.78 is 31.9. The third-order valence-corrected chi connectivity index (χ3v) is 7.10. The van der Waals surface area contributed by atoms with Gasteiger partial charge in [-0.2, -0.15) is 4.31 Å². The Kier molecular flexibility index (Phi) is 5.66. The Morgan fingerprint density at radius 2 is 1.96 bits per heavy atom. The fraction of sp³-hybridized carbons (Fsp3) is 0.389. The first-order valence-electron chi connectivity index (χ1n) is 8.23. The van der Waals surface area contributed by atoms with Crippen molar-refractivity contribution >= 4 is 21.8 Å². The fourth-order valence-electron chi connectivity index (χ4n) is 2.85. The van der Waals surface area contributed by atoms with Gasteiger partial charge in [-0.3, -0.25) is 0 Å². The molecule has 7 heteroatoms. The first kappa shape index (κ1) is 18.2. The molecule has 0 N–H and O–H groups in total. The molecule has 0 bridgehead atoms. The molecule has 3 rings (SSSR count). The summed E-state index contributed by atoms with van der Waals surface area (Å²) in [6.07, 6.45) is 3.32. The van der Waals surface area contributed by atoms with Crippen LogP contribution in [-0.4, -0.2) is 37.9 Å². The number of methoxy groups -OCH3 is 1. The van der Waals surface area contributed by atoms with Gasteiger partial charge in [0.05, 0.1) is 12.1 Å². The third kappa shape index (κ3) is 4.16. The van der Waals surface area contributed by atoms with Crippen LogP contribution in [0.2, 0.25) is 0 Å². The van der Waals surface area contributed by atoms with E-state index < -0.39 is 10.0 Å². The first-order valence-corrected chi connectivity index (χ1v) is 10.7. The summed E-state index contributed by atoms with van der Waals surface area (Å²) in [6, 6.07) is 9.50. The molecule has 0 saturated carbocycles. The summed E-state index contributed by atoms with van der Waals surface area (Å²) in [5.41, 5.74) is 2.28. The number of aromatic nitrogens is 1. The van der Waals surface area contributed by atoms with Crippen LogP contribution in [0.3, 0.4) is 0 Å². The van der Waals surface area contributed by atoms with E-state index in [-0.39, 0.29) is 4.90 Å². The van der Waals surface area contributed by atoms with Gasteiger partial charge in [-0.1, -0.05) is 17.7 Å². The number of hydrogen-bond donors (Lipinski definition) is 0. The fourth-order valence-corrected chi connectivity index (χ4v) is 5.14. The number of ether oxygens (including phenoxy) is 1. The molecule has 1 fully saturated rings. The molecular formula is C18H22N2O3S2. The minimum absolute atomic E-state index is 0.270. The molecule has 1 aromatic heterocycles. The van der Waals surface area contributed by atoms with Crippen LogP contribution in [0.4, 0.5) is 0 Å². The number of thioether (sulfide) groups is 1. The van der Waals surface area contributed by atoms with Crippen molar-refractivity contribution in [3.8, 4) is 5.75 Å². The van der Waals surface area contributed by atoms with Gasteiger partial charge < -0.3 is 4.74 Å². The maximum Gasteiger partial charge on any atom is 0.244 e. The van der Waals surface area contributed by atoms with Gasteiger partial charge in [0.1, 0.15) is 10.6 Å². The zero-order chi connectivity index (χ0) is 17.9. The number of pyridine rings is 1. The lowest BCUT2D eigenvalue weighted by Gasteiger charge is -2.15. The predicted molar refractivity (Wildman–Crippen MR) is 99.5 cm³/mol. The number of aryl methyl sites for hydroxylation is 1. The van der Waals surface area contributed by atoms with E-state index in [1.165, 1.54) is 16.1 Å². The standard InChI is InChI=1S/C18H22N2O3S2/c1-14-5-7-17(23-2)15(11-14)13-24-18-8-6-16(12-19-18)25(21,22)20-9-3-4-10-20/h5-8,11-12H,3-4,9-10,13H2,1-2H3. The highest BCUT2D eigenvalue weighted by atomic mass is 32.2. The summed E-state index contributed by atoms with van der Waals surface area (Å²) in [5.74, 6) is 1.57. The molecule has 0 amide bonds. The zero-order valence-electron chi connectivity index (χ0n) is 14.4. The van der Waals surface area contributed by atoms with E-state index >= 15 is 0 Å². The van der Waals surface area contributed by atoms with E-state index in [1.807, 2.05) is 19.1 Å². The Bertz CT molecular complexity index is 830. The molecule has 0 unspecified atom stereocenters. The van der Waals surface area contributed by atoms with Gasteiger partial charge in [-0.05, 0) is 38.0 Å². The van der Waals surface area contributed by atoms with Crippen LogP contribution in [0.25, 0.3) is 0 Å². The van der Waals surface area contributed by atoms with E-state index in [0.717, 1.165) is 34.9 Å². The predicted octanol–water partition coefficient (Wildman–Crippen LogP) is 3.48. The van der Waals surface area contributed by atoms with Crippen molar-refractivity contribution in [2.75, 3.05) is 20.2 Å². The van der Waals surface area contributed by atoms with Crippen LogP contribution in [0.1, 0.15) is 24.0 Å². The molecule has 1 saturated heterocycles. The highest BCUT2D eigenvalue weighted by Gasteiger charge is 2.27. The Morgan fingerprint density at radius 1 is 1.20 bits per heavy atom. The zero-order valence-corrected chi connectivity index (χ0v) is 16.1. The van der Waals surface area contributed by atoms with Crippen molar-refractivity contribution in [2.45, 2.75) is 35.4 Å². The average Bonchev–Trinajstić information content (AvgIpc) is 3.16. The largest absolute Gasteiger partial charge is 0.496 e. The lowest BCUT2D eigenvalue weighted by molar-refractivity contribution is 0.411. The molecule has 0 radical (unpaired) electrons. The normalized spacial score (nSPS) is 15.4. The van der Waals surface area contributed by atoms with E-state index in [1.54, 1.807) is 31.0 Å². The third-order valence-electron chi connectivity index (χ3n) is 4.22. The lowest BCUT2D eigenvalue weighted by Crippen LogP contribution is -2.27. The van der Waals surface area contributed by atoms with Gasteiger partial charge in [-0.15, -0.1) is 11.8 Å². The van der Waals surface area contributed by atoms with Crippen LogP contribution in [-0.2, 0) is 15.8 Å². The Morgan fingerprint density at radius 3 is 2.60 bits per heavy atom. The minimum Gasteiger partial charge on any atom is -0.496 e. The second-order valence-corrected chi connectivity index (χ2v) is 8.98. The van der Waals surface area contributed by atoms with Crippen molar-refractivity contribution in [2.24, 2.45) is 0 Å². The molecule has 1 aliphatic heterocycles. The Hall–Kier alpha value is -1.57. The molecular weight excluding hydrogens is 356 g/mol. The van der Waals surface area contributed by atoms with E-state index in [2.05, 4.69) is 11.1 Å². The molecule has 0 spiro atoms. The molecule has 0 atom stereocenters. The summed E-state index contributed by atoms with van der Waals surface area (Å²) in [7, 11) is -1.74. The number of nitrogens with zero attached hydrogens (tertiary/aromatic N) is 2. The van der Waals surface area contributed by atoms with Gasteiger partial charge in [0, 0.05) is 30.6 Å². The second kappa shape index (κ2) is 7.76. The summed E-state index contributed by atoms with van der Waals surface area (Å²) in [4.78, 5) is 4.60. The van der Waals surface area contributed by atoms with Crippen LogP contribution < -0.4 is 4.74 Å². The lowest BCUT2D eigenvalue weighted by atomic mass is 10.1. The summed E-state index contributed by atoms with van der Waals surface area (Å²) in [6.45, 7) is 3.25. The van der Waals surface area contributed by atoms with E-state index in [9.17, 15) is 8.42 Å². The molecule has 134 valence electrons. The maximum absolute atomic E-state index is 12.5. The highest BCUT2D eigenvalue weighted by Crippen LogP contribution is 2.28. The van der Waals surface area contributed by atoms with Crippen molar-refractivity contribution in [3.05, 3.63) is 47.7 Å². The summed E-state index contributed by atoms with van der Waals surface area (Å²) >= 11 is 1.56. The molecule has 0 aliphatic carbocycles. The molecule has 25 heavy (non-hydrogen) atoms. The average molecular weight is 379 g/mol. The molecule has 2 heterocycles. The summed E-state index contributed by atoms with van der Waals surface area (Å²) in [5, 5.41) is 0.795. The van der Waals surface area contributed by atoms with Crippen LogP contribution in [0.15, 0.2) is 46.5 Å². The van der Waals surface area contributed by atoms with Crippen molar-refractivity contribution in [1.29, 1.82) is 0 Å². The number of rotatable bonds is 6. The second-order valence-electron chi connectivity index (χ2n) is 6.05. The first-order chi connectivity index (χ1) is 12.0. The van der Waals surface area contributed by atoms with Crippen LogP contribution in [0.5, 0.6) is 5.75 Å². The molecule has 1 aromatic carbocycles. The minimum atomic E-state index is -3.40. The molecule has 5 nitrogen and oxygen atoms in total. The van der Waals surface area contributed by atoms with E-state index in [0.29, 0.717) is 13.1 Å². The van der Waals surface area contributed by atoms with Crippen molar-refractivity contribution in [1.82, 2.24) is 9.29 Å². The SMILES string of the molecule is COc1ccc(C)cc1CSc1ccc(S(=O)(=O)N2CCCC2)cn1. The monoisotopic (exact) mass is 378 g/mol. The van der Waals surface area contributed by atoms with Gasteiger partial charge in [0.15, 0.2) is 0 Å². The quantitative estimate of drug-likeness (QED) is 0.720. The van der Waals surface area contributed by atoms with Crippen LogP contribution in [0, 0.1) is 6.92 Å². The smallest absolute Gasteiger partial charge is 0.244 e. The highest BCUT2D eigenvalue weighted by molar-refractivity contribution is 7.98. The van der Waals surface area contributed by atoms with Crippen molar-refractivity contribution < 1.29 is 13.2 Å². The molecule has 2 aromatic rings. The topological polar surface area (TPSA) is 59.5 Å².